The van der Waals surface area contributed by atoms with E-state index in [1.807, 2.05) is 0 Å². The second-order valence-electron chi connectivity index (χ2n) is 4.89. The van der Waals surface area contributed by atoms with Crippen LogP contribution in [0.3, 0.4) is 0 Å². The number of likely N-dealkylation sites (tertiary alicyclic amines) is 1. The number of piperidine rings is 1. The molecule has 1 aliphatic heterocycles. The Morgan fingerprint density at radius 3 is 3.11 bits per heavy atom. The number of halogens is 2. The van der Waals surface area contributed by atoms with E-state index in [1.165, 1.54) is 0 Å². The summed E-state index contributed by atoms with van der Waals surface area (Å²) in [7, 11) is 0. The largest absolute Gasteiger partial charge is 0.393 e. The lowest BCUT2D eigenvalue weighted by molar-refractivity contribution is 0.0466. The quantitative estimate of drug-likeness (QED) is 0.837. The van der Waals surface area contributed by atoms with E-state index < -0.39 is 6.10 Å². The van der Waals surface area contributed by atoms with Gasteiger partial charge in [-0.15, -0.1) is 0 Å². The number of hydrogen-bond donors (Lipinski definition) is 1. The number of aromatic nitrogens is 1. The molecular formula is C13H16BrClN2O2. The molecule has 1 amide bonds. The Labute approximate surface area is 125 Å². The van der Waals surface area contributed by atoms with Gasteiger partial charge in [-0.3, -0.25) is 4.79 Å². The van der Waals surface area contributed by atoms with E-state index in [9.17, 15) is 9.90 Å². The lowest BCUT2D eigenvalue weighted by Crippen LogP contribution is -2.43. The van der Waals surface area contributed by atoms with E-state index in [2.05, 4.69) is 20.9 Å². The Morgan fingerprint density at radius 1 is 1.68 bits per heavy atom. The molecule has 0 saturated carbocycles. The van der Waals surface area contributed by atoms with Crippen LogP contribution in [0.5, 0.6) is 0 Å². The van der Waals surface area contributed by atoms with E-state index in [1.54, 1.807) is 24.1 Å². The van der Waals surface area contributed by atoms with Crippen LogP contribution in [0.1, 0.15) is 30.1 Å². The van der Waals surface area contributed by atoms with Crippen molar-refractivity contribution in [3.63, 3.8) is 0 Å². The van der Waals surface area contributed by atoms with Gasteiger partial charge in [0.1, 0.15) is 5.15 Å². The summed E-state index contributed by atoms with van der Waals surface area (Å²) in [6.45, 7) is 3.04. The van der Waals surface area contributed by atoms with Crippen LogP contribution in [-0.2, 0) is 0 Å². The predicted octanol–water partition coefficient (Wildman–Crippen LogP) is 2.73. The standard InChI is InChI=1S/C13H16BrClN2O2/c1-8(18)9-3-2-4-17(7-9)13(19)11-5-10(14)6-16-12(11)15/h5-6,8-9,18H,2-4,7H2,1H3. The zero-order valence-corrected chi connectivity index (χ0v) is 13.0. The van der Waals surface area contributed by atoms with Crippen molar-refractivity contribution in [3.8, 4) is 0 Å². The number of aliphatic hydroxyl groups excluding tert-OH is 1. The van der Waals surface area contributed by atoms with Gasteiger partial charge in [0.2, 0.25) is 0 Å². The molecule has 0 spiro atoms. The van der Waals surface area contributed by atoms with Gasteiger partial charge in [0.15, 0.2) is 0 Å². The van der Waals surface area contributed by atoms with Crippen LogP contribution in [0.15, 0.2) is 16.7 Å². The highest BCUT2D eigenvalue weighted by Crippen LogP contribution is 2.24. The van der Waals surface area contributed by atoms with Crippen LogP contribution < -0.4 is 0 Å². The van der Waals surface area contributed by atoms with E-state index >= 15 is 0 Å². The average Bonchev–Trinajstić information content (AvgIpc) is 2.41. The van der Waals surface area contributed by atoms with Crippen molar-refractivity contribution < 1.29 is 9.90 Å². The third-order valence-corrected chi connectivity index (χ3v) is 4.20. The molecule has 1 aromatic heterocycles. The average molecular weight is 348 g/mol. The van der Waals surface area contributed by atoms with Crippen LogP contribution >= 0.6 is 27.5 Å². The molecule has 0 aliphatic carbocycles. The van der Waals surface area contributed by atoms with Gasteiger partial charge < -0.3 is 10.0 Å². The van der Waals surface area contributed by atoms with Crippen molar-refractivity contribution in [2.45, 2.75) is 25.9 Å². The van der Waals surface area contributed by atoms with Gasteiger partial charge in [-0.2, -0.15) is 0 Å². The maximum absolute atomic E-state index is 12.4. The highest BCUT2D eigenvalue weighted by Gasteiger charge is 2.28. The van der Waals surface area contributed by atoms with Crippen molar-refractivity contribution in [1.82, 2.24) is 9.88 Å². The van der Waals surface area contributed by atoms with Crippen LogP contribution in [0.2, 0.25) is 5.15 Å². The topological polar surface area (TPSA) is 53.4 Å². The number of nitrogens with zero attached hydrogens (tertiary/aromatic N) is 2. The number of carbonyl (C=O) groups excluding carboxylic acids is 1. The molecule has 104 valence electrons. The molecule has 2 atom stereocenters. The molecule has 1 aromatic rings. The predicted molar refractivity (Wildman–Crippen MR) is 77.3 cm³/mol. The van der Waals surface area contributed by atoms with Gasteiger partial charge >= 0.3 is 0 Å². The summed E-state index contributed by atoms with van der Waals surface area (Å²) in [5.74, 6) is 0.0146. The number of rotatable bonds is 2. The molecular weight excluding hydrogens is 332 g/mol. The first-order chi connectivity index (χ1) is 8.99. The Kier molecular flexibility index (Phi) is 4.81. The zero-order valence-electron chi connectivity index (χ0n) is 10.6. The maximum Gasteiger partial charge on any atom is 0.257 e. The highest BCUT2D eigenvalue weighted by molar-refractivity contribution is 9.10. The summed E-state index contributed by atoms with van der Waals surface area (Å²) in [5.41, 5.74) is 0.405. The van der Waals surface area contributed by atoms with E-state index in [0.29, 0.717) is 18.7 Å². The van der Waals surface area contributed by atoms with Crippen molar-refractivity contribution >= 4 is 33.4 Å². The Balaban J connectivity index is 2.17. The van der Waals surface area contributed by atoms with Gasteiger partial charge in [0, 0.05) is 29.7 Å². The summed E-state index contributed by atoms with van der Waals surface area (Å²) in [5, 5.41) is 9.88. The third kappa shape index (κ3) is 3.46. The molecule has 1 saturated heterocycles. The Hall–Kier alpha value is -0.650. The number of hydrogen-bond acceptors (Lipinski definition) is 3. The summed E-state index contributed by atoms with van der Waals surface area (Å²) >= 11 is 9.27. The fraction of sp³-hybridized carbons (Fsp3) is 0.538. The molecule has 4 nitrogen and oxygen atoms in total. The van der Waals surface area contributed by atoms with E-state index in [0.717, 1.165) is 17.3 Å². The van der Waals surface area contributed by atoms with Gasteiger partial charge in [-0.25, -0.2) is 4.98 Å². The molecule has 1 aliphatic rings. The van der Waals surface area contributed by atoms with Crippen molar-refractivity contribution in [1.29, 1.82) is 0 Å². The molecule has 6 heteroatoms. The molecule has 1 N–H and O–H groups in total. The molecule has 2 unspecified atom stereocenters. The maximum atomic E-state index is 12.4. The first-order valence-electron chi connectivity index (χ1n) is 6.27. The SMILES string of the molecule is CC(O)C1CCCN(C(=O)c2cc(Br)cnc2Cl)C1. The van der Waals surface area contributed by atoms with Crippen LogP contribution in [0.25, 0.3) is 0 Å². The molecule has 1 fully saturated rings. The molecule has 0 bridgehead atoms. The number of carbonyl (C=O) groups is 1. The molecule has 0 radical (unpaired) electrons. The van der Waals surface area contributed by atoms with Gasteiger partial charge in [-0.1, -0.05) is 11.6 Å². The summed E-state index contributed by atoms with van der Waals surface area (Å²) < 4.78 is 0.726. The fourth-order valence-electron chi connectivity index (χ4n) is 2.33. The Bertz CT molecular complexity index is 482. The van der Waals surface area contributed by atoms with E-state index in [-0.39, 0.29) is 17.0 Å². The first-order valence-corrected chi connectivity index (χ1v) is 7.44. The van der Waals surface area contributed by atoms with Crippen molar-refractivity contribution in [2.75, 3.05) is 13.1 Å². The molecule has 19 heavy (non-hydrogen) atoms. The van der Waals surface area contributed by atoms with E-state index in [4.69, 9.17) is 11.6 Å². The van der Waals surface area contributed by atoms with Crippen LogP contribution in [0.4, 0.5) is 0 Å². The second kappa shape index (κ2) is 6.20. The third-order valence-electron chi connectivity index (χ3n) is 3.46. The van der Waals surface area contributed by atoms with Gasteiger partial charge in [0.05, 0.1) is 11.7 Å². The fourth-order valence-corrected chi connectivity index (χ4v) is 2.85. The van der Waals surface area contributed by atoms with Crippen LogP contribution in [0, 0.1) is 5.92 Å². The lowest BCUT2D eigenvalue weighted by Gasteiger charge is -2.34. The smallest absolute Gasteiger partial charge is 0.257 e. The minimum Gasteiger partial charge on any atom is -0.393 e. The molecule has 2 heterocycles. The summed E-state index contributed by atoms with van der Waals surface area (Å²) in [6, 6.07) is 1.68. The highest BCUT2D eigenvalue weighted by atomic mass is 79.9. The minimum atomic E-state index is -0.397. The number of amides is 1. The lowest BCUT2D eigenvalue weighted by atomic mass is 9.93. The second-order valence-corrected chi connectivity index (χ2v) is 6.16. The monoisotopic (exact) mass is 346 g/mol. The Morgan fingerprint density at radius 2 is 2.42 bits per heavy atom. The zero-order chi connectivity index (χ0) is 14.0. The molecule has 0 aromatic carbocycles. The number of pyridine rings is 1. The van der Waals surface area contributed by atoms with Crippen molar-refractivity contribution in [3.05, 3.63) is 27.5 Å². The normalized spacial score (nSPS) is 21.3. The van der Waals surface area contributed by atoms with Crippen molar-refractivity contribution in [2.24, 2.45) is 5.92 Å². The summed E-state index contributed by atoms with van der Waals surface area (Å²) in [6.07, 6.45) is 3.02. The first kappa shape index (κ1) is 14.8. The minimum absolute atomic E-state index is 0.121. The van der Waals surface area contributed by atoms with Gasteiger partial charge in [0.25, 0.3) is 5.91 Å². The van der Waals surface area contributed by atoms with Gasteiger partial charge in [-0.05, 0) is 41.8 Å². The molecule has 2 rings (SSSR count). The summed E-state index contributed by atoms with van der Waals surface area (Å²) in [4.78, 5) is 18.2. The van der Waals surface area contributed by atoms with Crippen LogP contribution in [-0.4, -0.2) is 40.1 Å². The number of aliphatic hydroxyl groups is 1.